The van der Waals surface area contributed by atoms with Crippen LogP contribution in [0.5, 0.6) is 5.88 Å². The molecule has 0 aliphatic heterocycles. The Morgan fingerprint density at radius 1 is 1.38 bits per heavy atom. The summed E-state index contributed by atoms with van der Waals surface area (Å²) in [4.78, 5) is 16.0. The van der Waals surface area contributed by atoms with Crippen molar-refractivity contribution in [2.24, 2.45) is 0 Å². The molecule has 1 N–H and O–H groups in total. The molecule has 0 saturated carbocycles. The summed E-state index contributed by atoms with van der Waals surface area (Å²) in [6.45, 7) is 3.70. The van der Waals surface area contributed by atoms with Crippen molar-refractivity contribution in [1.29, 1.82) is 5.26 Å². The predicted octanol–water partition coefficient (Wildman–Crippen LogP) is 2.32. The molecule has 21 heavy (non-hydrogen) atoms. The van der Waals surface area contributed by atoms with E-state index in [1.54, 1.807) is 38.4 Å². The molecule has 0 bridgehead atoms. The van der Waals surface area contributed by atoms with Gasteiger partial charge in [-0.1, -0.05) is 6.08 Å². The molecule has 0 aliphatic rings. The molecular formula is C16H15N3O2. The molecule has 0 amide bonds. The Morgan fingerprint density at radius 2 is 2.05 bits per heavy atom. The van der Waals surface area contributed by atoms with Crippen LogP contribution in [0, 0.1) is 18.3 Å². The number of aromatic nitrogens is 2. The van der Waals surface area contributed by atoms with E-state index in [1.165, 1.54) is 4.57 Å². The van der Waals surface area contributed by atoms with E-state index in [2.05, 4.69) is 4.98 Å². The average molecular weight is 281 g/mol. The van der Waals surface area contributed by atoms with E-state index in [9.17, 15) is 9.90 Å². The quantitative estimate of drug-likeness (QED) is 0.936. The summed E-state index contributed by atoms with van der Waals surface area (Å²) in [6, 6.07) is 5.56. The summed E-state index contributed by atoms with van der Waals surface area (Å²) < 4.78 is 1.19. The van der Waals surface area contributed by atoms with Crippen LogP contribution in [0.1, 0.15) is 29.2 Å². The fourth-order valence-corrected chi connectivity index (χ4v) is 2.12. The van der Waals surface area contributed by atoms with Crippen molar-refractivity contribution in [3.8, 4) is 11.9 Å². The summed E-state index contributed by atoms with van der Waals surface area (Å²) in [5, 5.41) is 19.4. The fraction of sp³-hybridized carbons (Fsp3) is 0.188. The number of nitriles is 1. The second kappa shape index (κ2) is 6.06. The van der Waals surface area contributed by atoms with Gasteiger partial charge in [-0.3, -0.25) is 14.3 Å². The summed E-state index contributed by atoms with van der Waals surface area (Å²) in [5.41, 5.74) is 1.47. The van der Waals surface area contributed by atoms with Gasteiger partial charge in [-0.15, -0.1) is 0 Å². The summed E-state index contributed by atoms with van der Waals surface area (Å²) in [6.07, 6.45) is 6.84. The molecule has 0 aromatic carbocycles. The minimum absolute atomic E-state index is 0.0593. The number of rotatable bonds is 3. The topological polar surface area (TPSA) is 78.9 Å². The van der Waals surface area contributed by atoms with E-state index >= 15 is 0 Å². The lowest BCUT2D eigenvalue weighted by Gasteiger charge is -2.12. The zero-order chi connectivity index (χ0) is 15.4. The highest BCUT2D eigenvalue weighted by Crippen LogP contribution is 2.23. The van der Waals surface area contributed by atoms with Crippen molar-refractivity contribution >= 4 is 12.2 Å². The van der Waals surface area contributed by atoms with Crippen molar-refractivity contribution in [1.82, 2.24) is 9.55 Å². The van der Waals surface area contributed by atoms with E-state index in [1.807, 2.05) is 18.2 Å². The van der Waals surface area contributed by atoms with Crippen LogP contribution in [0.4, 0.5) is 0 Å². The molecule has 0 radical (unpaired) electrons. The second-order valence-corrected chi connectivity index (χ2v) is 4.51. The van der Waals surface area contributed by atoms with Crippen molar-refractivity contribution in [3.63, 3.8) is 0 Å². The Bertz CT molecular complexity index is 784. The number of hydrogen-bond donors (Lipinski definition) is 1. The zero-order valence-corrected chi connectivity index (χ0v) is 11.9. The lowest BCUT2D eigenvalue weighted by Crippen LogP contribution is -2.24. The molecule has 0 aliphatic carbocycles. The molecule has 106 valence electrons. The number of nitrogens with zero attached hydrogens (tertiary/aromatic N) is 3. The molecule has 0 fully saturated rings. The van der Waals surface area contributed by atoms with Gasteiger partial charge in [0.1, 0.15) is 11.6 Å². The van der Waals surface area contributed by atoms with E-state index in [4.69, 9.17) is 5.26 Å². The number of hydrogen-bond acceptors (Lipinski definition) is 4. The van der Waals surface area contributed by atoms with Crippen LogP contribution in [0.3, 0.4) is 0 Å². The molecule has 2 rings (SSSR count). The first-order valence-corrected chi connectivity index (χ1v) is 6.54. The van der Waals surface area contributed by atoms with Crippen molar-refractivity contribution in [2.45, 2.75) is 20.4 Å². The number of aromatic hydroxyl groups is 1. The third-order valence-corrected chi connectivity index (χ3v) is 3.31. The first kappa shape index (κ1) is 14.5. The zero-order valence-electron chi connectivity index (χ0n) is 11.9. The van der Waals surface area contributed by atoms with Crippen LogP contribution in [0.2, 0.25) is 0 Å². The standard InChI is InChI=1S/C16H15N3O2/c1-3-19-15(20)13(11(2)14(10-17)16(19)21)5-4-12-6-8-18-9-7-12/h4-9,20H,3H2,1-2H3/b5-4+. The highest BCUT2D eigenvalue weighted by atomic mass is 16.3. The first-order chi connectivity index (χ1) is 10.1. The van der Waals surface area contributed by atoms with E-state index < -0.39 is 5.56 Å². The van der Waals surface area contributed by atoms with Crippen LogP contribution in [-0.2, 0) is 6.54 Å². The lowest BCUT2D eigenvalue weighted by atomic mass is 10.0. The van der Waals surface area contributed by atoms with E-state index in [-0.39, 0.29) is 11.4 Å². The molecule has 5 heteroatoms. The normalized spacial score (nSPS) is 10.7. The van der Waals surface area contributed by atoms with Crippen molar-refractivity contribution < 1.29 is 5.11 Å². The summed E-state index contributed by atoms with van der Waals surface area (Å²) in [7, 11) is 0. The minimum atomic E-state index is -0.462. The fourth-order valence-electron chi connectivity index (χ4n) is 2.12. The Hall–Kier alpha value is -2.87. The molecule has 0 saturated heterocycles. The third-order valence-electron chi connectivity index (χ3n) is 3.31. The number of pyridine rings is 2. The highest BCUT2D eigenvalue weighted by molar-refractivity contribution is 5.74. The van der Waals surface area contributed by atoms with Crippen LogP contribution in [-0.4, -0.2) is 14.7 Å². The van der Waals surface area contributed by atoms with Gasteiger partial charge in [0.05, 0.1) is 0 Å². The molecule has 2 aromatic heterocycles. The van der Waals surface area contributed by atoms with Gasteiger partial charge in [0.25, 0.3) is 5.56 Å². The van der Waals surface area contributed by atoms with Crippen LogP contribution in [0.15, 0.2) is 29.3 Å². The third kappa shape index (κ3) is 2.70. The molecule has 5 nitrogen and oxygen atoms in total. The minimum Gasteiger partial charge on any atom is -0.494 e. The molecule has 2 heterocycles. The molecule has 2 aromatic rings. The average Bonchev–Trinajstić information content (AvgIpc) is 2.49. The van der Waals surface area contributed by atoms with Gasteiger partial charge in [0, 0.05) is 24.5 Å². The van der Waals surface area contributed by atoms with Gasteiger partial charge >= 0.3 is 0 Å². The maximum atomic E-state index is 12.0. The van der Waals surface area contributed by atoms with Gasteiger partial charge in [-0.25, -0.2) is 0 Å². The predicted molar refractivity (Wildman–Crippen MR) is 80.7 cm³/mol. The Labute approximate surface area is 122 Å². The van der Waals surface area contributed by atoms with E-state index in [0.717, 1.165) is 5.56 Å². The Balaban J connectivity index is 2.62. The Morgan fingerprint density at radius 3 is 2.62 bits per heavy atom. The maximum Gasteiger partial charge on any atom is 0.271 e. The molecular weight excluding hydrogens is 266 g/mol. The molecule has 0 unspecified atom stereocenters. The molecule has 0 atom stereocenters. The maximum absolute atomic E-state index is 12.0. The Kier molecular flexibility index (Phi) is 4.19. The van der Waals surface area contributed by atoms with Crippen molar-refractivity contribution in [3.05, 3.63) is 57.1 Å². The summed E-state index contributed by atoms with van der Waals surface area (Å²) in [5.74, 6) is -0.121. The van der Waals surface area contributed by atoms with Gasteiger partial charge < -0.3 is 5.11 Å². The van der Waals surface area contributed by atoms with Gasteiger partial charge in [0.15, 0.2) is 0 Å². The van der Waals surface area contributed by atoms with E-state index in [0.29, 0.717) is 17.7 Å². The first-order valence-electron chi connectivity index (χ1n) is 6.54. The summed E-state index contributed by atoms with van der Waals surface area (Å²) >= 11 is 0. The van der Waals surface area contributed by atoms with Gasteiger partial charge in [0.2, 0.25) is 5.88 Å². The largest absolute Gasteiger partial charge is 0.494 e. The SMILES string of the molecule is CCn1c(O)c(/C=C/c2ccncc2)c(C)c(C#N)c1=O. The lowest BCUT2D eigenvalue weighted by molar-refractivity contribution is 0.409. The van der Waals surface area contributed by atoms with Gasteiger partial charge in [-0.2, -0.15) is 5.26 Å². The molecule has 0 spiro atoms. The van der Waals surface area contributed by atoms with Crippen LogP contribution in [0.25, 0.3) is 12.2 Å². The van der Waals surface area contributed by atoms with Crippen LogP contribution >= 0.6 is 0 Å². The van der Waals surface area contributed by atoms with Crippen molar-refractivity contribution in [2.75, 3.05) is 0 Å². The van der Waals surface area contributed by atoms with Crippen LogP contribution < -0.4 is 5.56 Å². The van der Waals surface area contributed by atoms with Gasteiger partial charge in [-0.05, 0) is 43.2 Å². The smallest absolute Gasteiger partial charge is 0.271 e. The highest BCUT2D eigenvalue weighted by Gasteiger charge is 2.16. The monoisotopic (exact) mass is 281 g/mol. The second-order valence-electron chi connectivity index (χ2n) is 4.51.